The third-order valence-electron chi connectivity index (χ3n) is 2.76. The Bertz CT molecular complexity index is 557. The summed E-state index contributed by atoms with van der Waals surface area (Å²) in [4.78, 5) is 4.45. The third kappa shape index (κ3) is 2.76. The maximum Gasteiger partial charge on any atom is 0.128 e. The first-order valence-corrected chi connectivity index (χ1v) is 6.47. The SMILES string of the molecule is CNC(c1cccc(C)n1)c1cc(Br)ccc1F. The van der Waals surface area contributed by atoms with Gasteiger partial charge in [0.15, 0.2) is 0 Å². The molecule has 0 fully saturated rings. The van der Waals surface area contributed by atoms with E-state index in [0.717, 1.165) is 15.9 Å². The zero-order chi connectivity index (χ0) is 13.1. The molecule has 4 heteroatoms. The predicted molar refractivity (Wildman–Crippen MR) is 74.0 cm³/mol. The molecule has 2 nitrogen and oxygen atoms in total. The number of rotatable bonds is 3. The van der Waals surface area contributed by atoms with Gasteiger partial charge in [0.2, 0.25) is 0 Å². The molecule has 18 heavy (non-hydrogen) atoms. The van der Waals surface area contributed by atoms with Crippen LogP contribution in [0.5, 0.6) is 0 Å². The Morgan fingerprint density at radius 2 is 2.06 bits per heavy atom. The van der Waals surface area contributed by atoms with E-state index in [1.54, 1.807) is 19.2 Å². The second-order valence-electron chi connectivity index (χ2n) is 4.09. The van der Waals surface area contributed by atoms with Gasteiger partial charge in [0.05, 0.1) is 11.7 Å². The van der Waals surface area contributed by atoms with Crippen LogP contribution in [0.3, 0.4) is 0 Å². The lowest BCUT2D eigenvalue weighted by Crippen LogP contribution is -2.20. The third-order valence-corrected chi connectivity index (χ3v) is 3.26. The Morgan fingerprint density at radius 3 is 2.72 bits per heavy atom. The van der Waals surface area contributed by atoms with Crippen LogP contribution >= 0.6 is 15.9 Å². The number of hydrogen-bond acceptors (Lipinski definition) is 2. The second-order valence-corrected chi connectivity index (χ2v) is 5.01. The number of halogens is 2. The fourth-order valence-electron chi connectivity index (χ4n) is 1.92. The fourth-order valence-corrected chi connectivity index (χ4v) is 2.30. The van der Waals surface area contributed by atoms with Crippen LogP contribution in [0, 0.1) is 12.7 Å². The van der Waals surface area contributed by atoms with Gasteiger partial charge in [0.25, 0.3) is 0 Å². The zero-order valence-corrected chi connectivity index (χ0v) is 11.8. The zero-order valence-electron chi connectivity index (χ0n) is 10.2. The van der Waals surface area contributed by atoms with E-state index in [1.807, 2.05) is 25.1 Å². The highest BCUT2D eigenvalue weighted by Crippen LogP contribution is 2.25. The molecule has 0 saturated heterocycles. The summed E-state index contributed by atoms with van der Waals surface area (Å²) in [6, 6.07) is 10.4. The molecule has 0 aliphatic rings. The Balaban J connectivity index is 2.48. The van der Waals surface area contributed by atoms with E-state index in [0.29, 0.717) is 5.56 Å². The molecule has 2 aromatic rings. The van der Waals surface area contributed by atoms with E-state index in [1.165, 1.54) is 6.07 Å². The Morgan fingerprint density at radius 1 is 1.28 bits per heavy atom. The summed E-state index contributed by atoms with van der Waals surface area (Å²) in [5, 5.41) is 3.11. The maximum absolute atomic E-state index is 13.9. The quantitative estimate of drug-likeness (QED) is 0.937. The van der Waals surface area contributed by atoms with Gasteiger partial charge in [-0.1, -0.05) is 22.0 Å². The molecule has 1 atom stereocenters. The van der Waals surface area contributed by atoms with Crippen molar-refractivity contribution in [3.05, 3.63) is 63.6 Å². The van der Waals surface area contributed by atoms with Crippen LogP contribution in [0.15, 0.2) is 40.9 Å². The van der Waals surface area contributed by atoms with Gasteiger partial charge in [-0.25, -0.2) is 4.39 Å². The van der Waals surface area contributed by atoms with Gasteiger partial charge in [-0.3, -0.25) is 4.98 Å². The van der Waals surface area contributed by atoms with Crippen molar-refractivity contribution in [1.82, 2.24) is 10.3 Å². The van der Waals surface area contributed by atoms with E-state index in [2.05, 4.69) is 26.2 Å². The van der Waals surface area contributed by atoms with E-state index >= 15 is 0 Å². The van der Waals surface area contributed by atoms with E-state index in [-0.39, 0.29) is 11.9 Å². The highest BCUT2D eigenvalue weighted by Gasteiger charge is 2.17. The average molecular weight is 309 g/mol. The molecule has 0 saturated carbocycles. The van der Waals surface area contributed by atoms with Gasteiger partial charge in [0, 0.05) is 15.7 Å². The summed E-state index contributed by atoms with van der Waals surface area (Å²) >= 11 is 3.37. The van der Waals surface area contributed by atoms with Crippen molar-refractivity contribution in [2.24, 2.45) is 0 Å². The first-order chi connectivity index (χ1) is 8.61. The smallest absolute Gasteiger partial charge is 0.128 e. The van der Waals surface area contributed by atoms with Crippen LogP contribution in [0.1, 0.15) is 23.0 Å². The topological polar surface area (TPSA) is 24.9 Å². The molecular formula is C14H14BrFN2. The van der Waals surface area contributed by atoms with Gasteiger partial charge in [-0.15, -0.1) is 0 Å². The molecule has 0 aliphatic heterocycles. The van der Waals surface area contributed by atoms with Crippen molar-refractivity contribution >= 4 is 15.9 Å². The van der Waals surface area contributed by atoms with Gasteiger partial charge in [-0.05, 0) is 44.3 Å². The highest BCUT2D eigenvalue weighted by atomic mass is 79.9. The highest BCUT2D eigenvalue weighted by molar-refractivity contribution is 9.10. The Kier molecular flexibility index (Phi) is 4.09. The van der Waals surface area contributed by atoms with E-state index < -0.39 is 0 Å². The van der Waals surface area contributed by atoms with Crippen molar-refractivity contribution in [2.75, 3.05) is 7.05 Å². The van der Waals surface area contributed by atoms with Crippen molar-refractivity contribution in [3.8, 4) is 0 Å². The van der Waals surface area contributed by atoms with Gasteiger partial charge in [-0.2, -0.15) is 0 Å². The minimum atomic E-state index is -0.248. The van der Waals surface area contributed by atoms with Crippen molar-refractivity contribution in [1.29, 1.82) is 0 Å². The molecule has 94 valence electrons. The molecule has 0 radical (unpaired) electrons. The molecule has 0 bridgehead atoms. The number of hydrogen-bond donors (Lipinski definition) is 1. The lowest BCUT2D eigenvalue weighted by atomic mass is 10.0. The van der Waals surface area contributed by atoms with Crippen molar-refractivity contribution < 1.29 is 4.39 Å². The molecule has 1 N–H and O–H groups in total. The predicted octanol–water partition coefficient (Wildman–Crippen LogP) is 3.60. The van der Waals surface area contributed by atoms with Gasteiger partial charge >= 0.3 is 0 Å². The summed E-state index contributed by atoms with van der Waals surface area (Å²) in [5.41, 5.74) is 2.32. The lowest BCUT2D eigenvalue weighted by Gasteiger charge is -2.17. The van der Waals surface area contributed by atoms with E-state index in [4.69, 9.17) is 0 Å². The molecule has 2 rings (SSSR count). The second kappa shape index (κ2) is 5.59. The van der Waals surface area contributed by atoms with Crippen LogP contribution in [0.4, 0.5) is 4.39 Å². The minimum Gasteiger partial charge on any atom is -0.308 e. The number of aromatic nitrogens is 1. The largest absolute Gasteiger partial charge is 0.308 e. The van der Waals surface area contributed by atoms with Crippen LogP contribution in [-0.2, 0) is 0 Å². The van der Waals surface area contributed by atoms with Crippen LogP contribution < -0.4 is 5.32 Å². The Labute approximate surface area is 114 Å². The first-order valence-electron chi connectivity index (χ1n) is 5.67. The van der Waals surface area contributed by atoms with Crippen molar-refractivity contribution in [3.63, 3.8) is 0 Å². The number of nitrogens with zero attached hydrogens (tertiary/aromatic N) is 1. The molecule has 0 spiro atoms. The maximum atomic E-state index is 13.9. The van der Waals surface area contributed by atoms with Crippen LogP contribution in [0.2, 0.25) is 0 Å². The number of aryl methyl sites for hydroxylation is 1. The molecular weight excluding hydrogens is 295 g/mol. The summed E-state index contributed by atoms with van der Waals surface area (Å²) in [6.45, 7) is 1.92. The summed E-state index contributed by atoms with van der Waals surface area (Å²) in [7, 11) is 1.80. The summed E-state index contributed by atoms with van der Waals surface area (Å²) < 4.78 is 14.8. The van der Waals surface area contributed by atoms with E-state index in [9.17, 15) is 4.39 Å². The Hall–Kier alpha value is -1.26. The average Bonchev–Trinajstić information content (AvgIpc) is 2.35. The number of benzene rings is 1. The molecule has 0 amide bonds. The van der Waals surface area contributed by atoms with Crippen molar-refractivity contribution in [2.45, 2.75) is 13.0 Å². The monoisotopic (exact) mass is 308 g/mol. The summed E-state index contributed by atoms with van der Waals surface area (Å²) in [5.74, 6) is -0.235. The molecule has 1 unspecified atom stereocenters. The van der Waals surface area contributed by atoms with Crippen LogP contribution in [0.25, 0.3) is 0 Å². The minimum absolute atomic E-state index is 0.235. The molecule has 1 aromatic carbocycles. The van der Waals surface area contributed by atoms with Gasteiger partial charge < -0.3 is 5.32 Å². The number of nitrogens with one attached hydrogen (secondary N) is 1. The molecule has 1 heterocycles. The summed E-state index contributed by atoms with van der Waals surface area (Å²) in [6.07, 6.45) is 0. The lowest BCUT2D eigenvalue weighted by molar-refractivity contribution is 0.569. The first kappa shape index (κ1) is 13.2. The molecule has 1 aromatic heterocycles. The molecule has 0 aliphatic carbocycles. The van der Waals surface area contributed by atoms with Gasteiger partial charge in [0.1, 0.15) is 5.82 Å². The fraction of sp³-hybridized carbons (Fsp3) is 0.214. The normalized spacial score (nSPS) is 12.4. The standard InChI is InChI=1S/C14H14BrFN2/c1-9-4-3-5-13(18-9)14(17-2)11-8-10(15)6-7-12(11)16/h3-8,14,17H,1-2H3. The van der Waals surface area contributed by atoms with Crippen LogP contribution in [-0.4, -0.2) is 12.0 Å². The number of pyridine rings is 1.